The van der Waals surface area contributed by atoms with Gasteiger partial charge < -0.3 is 10.4 Å². The monoisotopic (exact) mass is 223 g/mol. The zero-order chi connectivity index (χ0) is 11.5. The van der Waals surface area contributed by atoms with Crippen LogP contribution in [-0.2, 0) is 13.5 Å². The third-order valence-electron chi connectivity index (χ3n) is 3.33. The molecule has 2 heterocycles. The second-order valence-corrected chi connectivity index (χ2v) is 4.73. The maximum Gasteiger partial charge on any atom is 0.0748 e. The molecule has 0 aromatic carbocycles. The predicted molar refractivity (Wildman–Crippen MR) is 63.3 cm³/mol. The largest absolute Gasteiger partial charge is 0.391 e. The van der Waals surface area contributed by atoms with Crippen LogP contribution in [0.25, 0.3) is 0 Å². The molecule has 2 N–H and O–H groups in total. The third kappa shape index (κ3) is 2.62. The summed E-state index contributed by atoms with van der Waals surface area (Å²) in [5, 5.41) is 17.8. The van der Waals surface area contributed by atoms with Crippen LogP contribution >= 0.6 is 0 Å². The number of nitrogens with one attached hydrogen (secondary N) is 1. The number of aromatic nitrogens is 2. The average molecular weight is 223 g/mol. The summed E-state index contributed by atoms with van der Waals surface area (Å²) in [6.45, 7) is 3.01. The van der Waals surface area contributed by atoms with Gasteiger partial charge in [0, 0.05) is 25.2 Å². The Morgan fingerprint density at radius 1 is 1.62 bits per heavy atom. The summed E-state index contributed by atoms with van der Waals surface area (Å²) in [4.78, 5) is 0. The van der Waals surface area contributed by atoms with E-state index in [0.717, 1.165) is 24.4 Å². The number of aliphatic hydroxyl groups excluding tert-OH is 1. The Labute approximate surface area is 96.7 Å². The lowest BCUT2D eigenvalue weighted by Crippen LogP contribution is -2.44. The van der Waals surface area contributed by atoms with Gasteiger partial charge in [0.05, 0.1) is 11.8 Å². The van der Waals surface area contributed by atoms with Gasteiger partial charge in [0.25, 0.3) is 0 Å². The number of aliphatic hydroxyl groups is 1. The average Bonchev–Trinajstić information content (AvgIpc) is 2.59. The van der Waals surface area contributed by atoms with Crippen LogP contribution in [-0.4, -0.2) is 33.6 Å². The lowest BCUT2D eigenvalue weighted by Gasteiger charge is -2.27. The molecule has 0 aliphatic carbocycles. The number of piperidine rings is 1. The van der Waals surface area contributed by atoms with E-state index in [0.29, 0.717) is 6.42 Å². The molecule has 0 amide bonds. The molecular formula is C12H21N3O. The van der Waals surface area contributed by atoms with Crippen molar-refractivity contribution in [2.75, 3.05) is 6.54 Å². The molecule has 90 valence electrons. The molecule has 0 saturated carbocycles. The summed E-state index contributed by atoms with van der Waals surface area (Å²) < 4.78 is 1.86. The van der Waals surface area contributed by atoms with Crippen LogP contribution in [0.15, 0.2) is 6.07 Å². The predicted octanol–water partition coefficient (Wildman–Crippen LogP) is 0.774. The molecule has 1 aromatic heterocycles. The highest BCUT2D eigenvalue weighted by molar-refractivity contribution is 5.10. The highest BCUT2D eigenvalue weighted by Crippen LogP contribution is 2.14. The fourth-order valence-corrected chi connectivity index (χ4v) is 2.42. The Bertz CT molecular complexity index is 342. The van der Waals surface area contributed by atoms with Crippen molar-refractivity contribution in [1.82, 2.24) is 15.1 Å². The Balaban J connectivity index is 1.95. The van der Waals surface area contributed by atoms with Gasteiger partial charge in [-0.05, 0) is 32.4 Å². The molecule has 4 nitrogen and oxygen atoms in total. The molecular weight excluding hydrogens is 202 g/mol. The Hall–Kier alpha value is -0.870. The van der Waals surface area contributed by atoms with Gasteiger partial charge in [0.2, 0.25) is 0 Å². The van der Waals surface area contributed by atoms with E-state index in [1.807, 2.05) is 24.7 Å². The number of nitrogens with zero attached hydrogens (tertiary/aromatic N) is 2. The number of hydrogen-bond donors (Lipinski definition) is 2. The molecule has 0 spiro atoms. The van der Waals surface area contributed by atoms with Crippen LogP contribution < -0.4 is 5.32 Å². The van der Waals surface area contributed by atoms with E-state index in [4.69, 9.17) is 0 Å². The van der Waals surface area contributed by atoms with E-state index in [1.54, 1.807) is 0 Å². The van der Waals surface area contributed by atoms with Crippen molar-refractivity contribution in [2.24, 2.45) is 7.05 Å². The van der Waals surface area contributed by atoms with Gasteiger partial charge in [-0.25, -0.2) is 0 Å². The first-order valence-electron chi connectivity index (χ1n) is 6.08. The van der Waals surface area contributed by atoms with E-state index >= 15 is 0 Å². The molecule has 2 atom stereocenters. The molecule has 16 heavy (non-hydrogen) atoms. The molecule has 1 fully saturated rings. The van der Waals surface area contributed by atoms with E-state index < -0.39 is 0 Å². The first kappa shape index (κ1) is 11.6. The number of rotatable bonds is 3. The minimum absolute atomic E-state index is 0.254. The van der Waals surface area contributed by atoms with Crippen LogP contribution in [0, 0.1) is 6.92 Å². The van der Waals surface area contributed by atoms with Crippen molar-refractivity contribution in [2.45, 2.75) is 44.8 Å². The summed E-state index contributed by atoms with van der Waals surface area (Å²) in [6, 6.07) is 2.30. The van der Waals surface area contributed by atoms with Crippen molar-refractivity contribution in [3.05, 3.63) is 17.5 Å². The fraction of sp³-hybridized carbons (Fsp3) is 0.750. The van der Waals surface area contributed by atoms with Crippen molar-refractivity contribution in [1.29, 1.82) is 0 Å². The SMILES string of the molecule is Cc1cc(CC(O)C2CCCCN2)n(C)n1. The molecule has 0 bridgehead atoms. The van der Waals surface area contributed by atoms with Crippen LogP contribution in [0.5, 0.6) is 0 Å². The summed E-state index contributed by atoms with van der Waals surface area (Å²) in [6.07, 6.45) is 3.93. The number of aryl methyl sites for hydroxylation is 2. The minimum atomic E-state index is -0.296. The van der Waals surface area contributed by atoms with Gasteiger partial charge in [-0.1, -0.05) is 6.42 Å². The Kier molecular flexibility index (Phi) is 3.61. The molecule has 0 radical (unpaired) electrons. The second-order valence-electron chi connectivity index (χ2n) is 4.73. The molecule has 2 rings (SSSR count). The summed E-state index contributed by atoms with van der Waals surface area (Å²) in [5.41, 5.74) is 2.12. The zero-order valence-corrected chi connectivity index (χ0v) is 10.1. The standard InChI is InChI=1S/C12H21N3O/c1-9-7-10(15(2)14-9)8-12(16)11-5-3-4-6-13-11/h7,11-13,16H,3-6,8H2,1-2H3. The van der Waals surface area contributed by atoms with Crippen molar-refractivity contribution >= 4 is 0 Å². The quantitative estimate of drug-likeness (QED) is 0.796. The lowest BCUT2D eigenvalue weighted by molar-refractivity contribution is 0.111. The maximum atomic E-state index is 10.2. The topological polar surface area (TPSA) is 50.1 Å². The van der Waals surface area contributed by atoms with Crippen LogP contribution in [0.4, 0.5) is 0 Å². The van der Waals surface area contributed by atoms with E-state index in [2.05, 4.69) is 10.4 Å². The summed E-state index contributed by atoms with van der Waals surface area (Å²) in [5.74, 6) is 0. The van der Waals surface area contributed by atoms with Gasteiger partial charge in [0.1, 0.15) is 0 Å². The third-order valence-corrected chi connectivity index (χ3v) is 3.33. The summed E-state index contributed by atoms with van der Waals surface area (Å²) >= 11 is 0. The lowest BCUT2D eigenvalue weighted by atomic mass is 9.97. The molecule has 1 saturated heterocycles. The van der Waals surface area contributed by atoms with Crippen molar-refractivity contribution in [3.63, 3.8) is 0 Å². The van der Waals surface area contributed by atoms with E-state index in [-0.39, 0.29) is 12.1 Å². The first-order valence-corrected chi connectivity index (χ1v) is 6.08. The highest BCUT2D eigenvalue weighted by atomic mass is 16.3. The number of hydrogen-bond acceptors (Lipinski definition) is 3. The maximum absolute atomic E-state index is 10.2. The molecule has 1 aromatic rings. The normalized spacial score (nSPS) is 23.3. The highest BCUT2D eigenvalue weighted by Gasteiger charge is 2.22. The van der Waals surface area contributed by atoms with Crippen molar-refractivity contribution in [3.8, 4) is 0 Å². The summed E-state index contributed by atoms with van der Waals surface area (Å²) in [7, 11) is 1.93. The van der Waals surface area contributed by atoms with Gasteiger partial charge in [0.15, 0.2) is 0 Å². The van der Waals surface area contributed by atoms with Crippen LogP contribution in [0.3, 0.4) is 0 Å². The molecule has 4 heteroatoms. The zero-order valence-electron chi connectivity index (χ0n) is 10.1. The van der Waals surface area contributed by atoms with Crippen molar-refractivity contribution < 1.29 is 5.11 Å². The molecule has 1 aliphatic heterocycles. The molecule has 1 aliphatic rings. The van der Waals surface area contributed by atoms with Gasteiger partial charge in [-0.2, -0.15) is 5.10 Å². The van der Waals surface area contributed by atoms with Crippen LogP contribution in [0.1, 0.15) is 30.7 Å². The van der Waals surface area contributed by atoms with E-state index in [1.165, 1.54) is 12.8 Å². The second kappa shape index (κ2) is 4.97. The Morgan fingerprint density at radius 2 is 2.44 bits per heavy atom. The molecule has 2 unspecified atom stereocenters. The smallest absolute Gasteiger partial charge is 0.0748 e. The van der Waals surface area contributed by atoms with Gasteiger partial charge >= 0.3 is 0 Å². The Morgan fingerprint density at radius 3 is 3.00 bits per heavy atom. The van der Waals surface area contributed by atoms with Gasteiger partial charge in [-0.15, -0.1) is 0 Å². The minimum Gasteiger partial charge on any atom is -0.391 e. The fourth-order valence-electron chi connectivity index (χ4n) is 2.42. The first-order chi connectivity index (χ1) is 7.66. The van der Waals surface area contributed by atoms with Crippen LogP contribution in [0.2, 0.25) is 0 Å². The van der Waals surface area contributed by atoms with E-state index in [9.17, 15) is 5.11 Å². The van der Waals surface area contributed by atoms with Gasteiger partial charge in [-0.3, -0.25) is 4.68 Å².